The first kappa shape index (κ1) is 8.02. The summed E-state index contributed by atoms with van der Waals surface area (Å²) in [6.45, 7) is 7.25. The van der Waals surface area contributed by atoms with E-state index in [0.29, 0.717) is 5.92 Å². The molecule has 1 fully saturated rings. The zero-order valence-electron chi connectivity index (χ0n) is 7.05. The quantitative estimate of drug-likeness (QED) is 0.597. The van der Waals surface area contributed by atoms with Gasteiger partial charge in [0, 0.05) is 12.6 Å². The van der Waals surface area contributed by atoms with Crippen molar-refractivity contribution in [3.8, 4) is 0 Å². The van der Waals surface area contributed by atoms with Crippen molar-refractivity contribution in [3.63, 3.8) is 0 Å². The molecule has 0 amide bonds. The summed E-state index contributed by atoms with van der Waals surface area (Å²) in [7, 11) is 0. The van der Waals surface area contributed by atoms with Gasteiger partial charge in [0.15, 0.2) is 0 Å². The highest BCUT2D eigenvalue weighted by Crippen LogP contribution is 2.31. The third-order valence-corrected chi connectivity index (χ3v) is 2.72. The van der Waals surface area contributed by atoms with E-state index >= 15 is 0 Å². The molecule has 2 N–H and O–H groups in total. The summed E-state index contributed by atoms with van der Waals surface area (Å²) < 4.78 is 5.59. The average molecular weight is 143 g/mol. The van der Waals surface area contributed by atoms with Crippen molar-refractivity contribution in [2.24, 2.45) is 11.7 Å². The van der Waals surface area contributed by atoms with Gasteiger partial charge in [-0.05, 0) is 19.3 Å². The van der Waals surface area contributed by atoms with Crippen LogP contribution in [0.5, 0.6) is 0 Å². The third kappa shape index (κ3) is 1.06. The molecular formula is C8H17NO. The average Bonchev–Trinajstić information content (AvgIpc) is 2.15. The number of hydrogen-bond acceptors (Lipinski definition) is 2. The fourth-order valence-corrected chi connectivity index (χ4v) is 1.39. The number of nitrogens with two attached hydrogens (primary N) is 1. The van der Waals surface area contributed by atoms with Crippen LogP contribution in [-0.4, -0.2) is 18.2 Å². The van der Waals surface area contributed by atoms with Crippen LogP contribution in [0.4, 0.5) is 0 Å². The van der Waals surface area contributed by atoms with Gasteiger partial charge in [-0.3, -0.25) is 0 Å². The molecule has 0 spiro atoms. The van der Waals surface area contributed by atoms with Gasteiger partial charge in [-0.15, -0.1) is 0 Å². The van der Waals surface area contributed by atoms with Crippen molar-refractivity contribution in [3.05, 3.63) is 0 Å². The Morgan fingerprint density at radius 1 is 1.60 bits per heavy atom. The van der Waals surface area contributed by atoms with Crippen molar-refractivity contribution in [2.45, 2.75) is 38.8 Å². The van der Waals surface area contributed by atoms with E-state index in [9.17, 15) is 0 Å². The Morgan fingerprint density at radius 3 is 2.40 bits per heavy atom. The highest BCUT2D eigenvalue weighted by molar-refractivity contribution is 4.93. The van der Waals surface area contributed by atoms with Crippen LogP contribution in [0.25, 0.3) is 0 Å². The molecule has 2 atom stereocenters. The van der Waals surface area contributed by atoms with Gasteiger partial charge in [0.05, 0.1) is 5.60 Å². The maximum absolute atomic E-state index is 5.89. The van der Waals surface area contributed by atoms with Crippen molar-refractivity contribution < 1.29 is 4.74 Å². The lowest BCUT2D eigenvalue weighted by Gasteiger charge is -2.32. The highest BCUT2D eigenvalue weighted by Gasteiger charge is 2.40. The van der Waals surface area contributed by atoms with E-state index < -0.39 is 0 Å². The molecule has 10 heavy (non-hydrogen) atoms. The molecule has 1 aliphatic rings. The first-order valence-corrected chi connectivity index (χ1v) is 3.97. The summed E-state index contributed by atoms with van der Waals surface area (Å²) in [6, 6.07) is 0.229. The van der Waals surface area contributed by atoms with E-state index in [-0.39, 0.29) is 11.6 Å². The molecular weight excluding hydrogens is 126 g/mol. The molecule has 0 aromatic carbocycles. The lowest BCUT2D eigenvalue weighted by atomic mass is 9.86. The minimum atomic E-state index is -0.0694. The summed E-state index contributed by atoms with van der Waals surface area (Å²) in [5, 5.41) is 0. The zero-order valence-corrected chi connectivity index (χ0v) is 7.05. The van der Waals surface area contributed by atoms with Gasteiger partial charge in [-0.2, -0.15) is 0 Å². The van der Waals surface area contributed by atoms with Crippen molar-refractivity contribution in [2.75, 3.05) is 6.61 Å². The van der Waals surface area contributed by atoms with Gasteiger partial charge in [-0.25, -0.2) is 0 Å². The van der Waals surface area contributed by atoms with E-state index in [4.69, 9.17) is 10.5 Å². The summed E-state index contributed by atoms with van der Waals surface area (Å²) >= 11 is 0. The molecule has 1 rings (SSSR count). The summed E-state index contributed by atoms with van der Waals surface area (Å²) in [4.78, 5) is 0. The van der Waals surface area contributed by atoms with Crippen LogP contribution in [0.2, 0.25) is 0 Å². The Kier molecular flexibility index (Phi) is 2.02. The van der Waals surface area contributed by atoms with Crippen LogP contribution in [0.3, 0.4) is 0 Å². The zero-order chi connectivity index (χ0) is 7.78. The molecule has 2 nitrogen and oxygen atoms in total. The van der Waals surface area contributed by atoms with Crippen LogP contribution >= 0.6 is 0 Å². The number of hydrogen-bond donors (Lipinski definition) is 1. The van der Waals surface area contributed by atoms with Crippen LogP contribution in [0.1, 0.15) is 27.2 Å². The van der Waals surface area contributed by atoms with Crippen LogP contribution in [0.15, 0.2) is 0 Å². The highest BCUT2D eigenvalue weighted by atomic mass is 16.5. The first-order valence-electron chi connectivity index (χ1n) is 3.97. The molecule has 2 heteroatoms. The smallest absolute Gasteiger partial charge is 0.0828 e. The van der Waals surface area contributed by atoms with E-state index in [1.807, 2.05) is 0 Å². The minimum Gasteiger partial charge on any atom is -0.373 e. The Morgan fingerprint density at radius 2 is 2.20 bits per heavy atom. The lowest BCUT2D eigenvalue weighted by Crippen LogP contribution is -2.46. The fraction of sp³-hybridized carbons (Fsp3) is 1.00. The largest absolute Gasteiger partial charge is 0.373 e. The van der Waals surface area contributed by atoms with E-state index in [2.05, 4.69) is 20.8 Å². The second-order valence-corrected chi connectivity index (χ2v) is 3.58. The maximum Gasteiger partial charge on any atom is 0.0828 e. The van der Waals surface area contributed by atoms with Gasteiger partial charge in [0.25, 0.3) is 0 Å². The molecule has 1 heterocycles. The topological polar surface area (TPSA) is 35.2 Å². The van der Waals surface area contributed by atoms with E-state index in [0.717, 1.165) is 13.0 Å². The number of ether oxygens (including phenoxy) is 1. The summed E-state index contributed by atoms with van der Waals surface area (Å²) in [5.74, 6) is 0.519. The van der Waals surface area contributed by atoms with Crippen LogP contribution < -0.4 is 5.73 Å². The van der Waals surface area contributed by atoms with Gasteiger partial charge in [-0.1, -0.05) is 13.8 Å². The summed E-state index contributed by atoms with van der Waals surface area (Å²) in [5.41, 5.74) is 5.82. The molecule has 0 radical (unpaired) electrons. The Balaban J connectivity index is 2.66. The normalized spacial score (nSPS) is 41.1. The van der Waals surface area contributed by atoms with Gasteiger partial charge in [0.2, 0.25) is 0 Å². The predicted octanol–water partition coefficient (Wildman–Crippen LogP) is 1.15. The first-order chi connectivity index (χ1) is 4.57. The molecule has 0 aromatic rings. The molecule has 0 bridgehead atoms. The Labute approximate surface area is 62.7 Å². The molecule has 1 aliphatic heterocycles. The molecule has 1 saturated heterocycles. The SMILES string of the molecule is CC(C)C1(C)OCCC1N. The van der Waals surface area contributed by atoms with Crippen molar-refractivity contribution >= 4 is 0 Å². The van der Waals surface area contributed by atoms with Crippen molar-refractivity contribution in [1.29, 1.82) is 0 Å². The summed E-state index contributed by atoms with van der Waals surface area (Å²) in [6.07, 6.45) is 1.01. The third-order valence-electron chi connectivity index (χ3n) is 2.72. The molecule has 60 valence electrons. The molecule has 0 aromatic heterocycles. The lowest BCUT2D eigenvalue weighted by molar-refractivity contribution is -0.0254. The van der Waals surface area contributed by atoms with Gasteiger partial charge < -0.3 is 10.5 Å². The predicted molar refractivity (Wildman–Crippen MR) is 41.8 cm³/mol. The maximum atomic E-state index is 5.89. The molecule has 2 unspecified atom stereocenters. The Bertz CT molecular complexity index is 124. The number of rotatable bonds is 1. The van der Waals surface area contributed by atoms with Crippen LogP contribution in [-0.2, 0) is 4.74 Å². The monoisotopic (exact) mass is 143 g/mol. The van der Waals surface area contributed by atoms with Gasteiger partial charge >= 0.3 is 0 Å². The Hall–Kier alpha value is -0.0800. The standard InChI is InChI=1S/C8H17NO/c1-6(2)8(3)7(9)4-5-10-8/h6-7H,4-5,9H2,1-3H3. The second-order valence-electron chi connectivity index (χ2n) is 3.58. The minimum absolute atomic E-state index is 0.0694. The second kappa shape index (κ2) is 2.51. The molecule has 0 aliphatic carbocycles. The van der Waals surface area contributed by atoms with E-state index in [1.54, 1.807) is 0 Å². The fourth-order valence-electron chi connectivity index (χ4n) is 1.39. The molecule has 0 saturated carbocycles. The van der Waals surface area contributed by atoms with E-state index in [1.165, 1.54) is 0 Å². The van der Waals surface area contributed by atoms with Crippen LogP contribution in [0, 0.1) is 5.92 Å². The van der Waals surface area contributed by atoms with Gasteiger partial charge in [0.1, 0.15) is 0 Å². The van der Waals surface area contributed by atoms with Crippen molar-refractivity contribution in [1.82, 2.24) is 0 Å².